The molecule has 6 rings (SSSR count). The number of ether oxygens (including phenoxy) is 1. The van der Waals surface area contributed by atoms with Gasteiger partial charge < -0.3 is 18.7 Å². The number of hydrogen-bond donors (Lipinski definition) is 0. The summed E-state index contributed by atoms with van der Waals surface area (Å²) in [4.78, 5) is 20.5. The summed E-state index contributed by atoms with van der Waals surface area (Å²) >= 11 is 0. The first-order valence-electron chi connectivity index (χ1n) is 13.2. The second-order valence-electron chi connectivity index (χ2n) is 9.97. The monoisotopic (exact) mass is 509 g/mol. The Kier molecular flexibility index (Phi) is 6.49. The van der Waals surface area contributed by atoms with Crippen molar-refractivity contribution in [3.63, 3.8) is 0 Å². The maximum absolute atomic E-state index is 6.26. The first-order chi connectivity index (χ1) is 18.6. The average molecular weight is 510 g/mol. The van der Waals surface area contributed by atoms with Gasteiger partial charge in [-0.2, -0.15) is 4.98 Å². The Morgan fingerprint density at radius 1 is 1.00 bits per heavy atom. The second-order valence-corrected chi connectivity index (χ2v) is 9.97. The van der Waals surface area contributed by atoms with E-state index in [4.69, 9.17) is 9.26 Å². The minimum Gasteiger partial charge on any atom is -0.489 e. The van der Waals surface area contributed by atoms with E-state index in [1.165, 1.54) is 0 Å². The summed E-state index contributed by atoms with van der Waals surface area (Å²) in [7, 11) is 0. The van der Waals surface area contributed by atoms with Gasteiger partial charge in [0.1, 0.15) is 17.7 Å². The van der Waals surface area contributed by atoms with Crippen LogP contribution in [0.15, 0.2) is 65.7 Å². The molecular weight excluding hydrogens is 478 g/mol. The highest BCUT2D eigenvalue weighted by molar-refractivity contribution is 5.85. The van der Waals surface area contributed by atoms with Gasteiger partial charge in [0.2, 0.25) is 5.95 Å². The molecule has 0 amide bonds. The number of aromatic nitrogens is 6. The van der Waals surface area contributed by atoms with Gasteiger partial charge >= 0.3 is 0 Å². The van der Waals surface area contributed by atoms with Crippen LogP contribution in [-0.4, -0.2) is 48.9 Å². The van der Waals surface area contributed by atoms with Crippen molar-refractivity contribution < 1.29 is 9.26 Å². The van der Waals surface area contributed by atoms with Crippen molar-refractivity contribution in [2.24, 2.45) is 0 Å². The third-order valence-corrected chi connectivity index (χ3v) is 6.99. The number of benzene rings is 1. The fraction of sp³-hybridized carbons (Fsp3) is 0.345. The molecule has 0 spiro atoms. The van der Waals surface area contributed by atoms with Crippen molar-refractivity contribution in [2.75, 3.05) is 18.0 Å². The smallest absolute Gasteiger partial charge is 0.257 e. The van der Waals surface area contributed by atoms with Gasteiger partial charge in [-0.05, 0) is 48.4 Å². The number of piperidine rings is 1. The molecule has 5 heterocycles. The SMILES string of the molecule is CCc1cnc(N2CCC(Oc3ccc(-n4ccc5cc(-c6nc(C(C)C)no6)ccc54)nc3)CC2)nc1. The van der Waals surface area contributed by atoms with E-state index in [0.717, 1.165) is 71.9 Å². The number of nitrogens with zero attached hydrogens (tertiary/aromatic N) is 7. The minimum atomic E-state index is 0.153. The third kappa shape index (κ3) is 4.83. The largest absolute Gasteiger partial charge is 0.489 e. The predicted octanol–water partition coefficient (Wildman–Crippen LogP) is 5.60. The third-order valence-electron chi connectivity index (χ3n) is 6.99. The zero-order chi connectivity index (χ0) is 26.1. The molecule has 0 N–H and O–H groups in total. The first kappa shape index (κ1) is 24.1. The van der Waals surface area contributed by atoms with Crippen LogP contribution in [0, 0.1) is 0 Å². The van der Waals surface area contributed by atoms with E-state index in [-0.39, 0.29) is 12.0 Å². The van der Waals surface area contributed by atoms with Crippen LogP contribution in [-0.2, 0) is 6.42 Å². The number of rotatable bonds is 7. The molecule has 0 saturated carbocycles. The van der Waals surface area contributed by atoms with Crippen LogP contribution in [0.3, 0.4) is 0 Å². The fourth-order valence-corrected chi connectivity index (χ4v) is 4.71. The van der Waals surface area contributed by atoms with Gasteiger partial charge in [0.25, 0.3) is 5.89 Å². The lowest BCUT2D eigenvalue weighted by Crippen LogP contribution is -2.39. The van der Waals surface area contributed by atoms with Crippen LogP contribution in [0.5, 0.6) is 5.75 Å². The van der Waals surface area contributed by atoms with Crippen LogP contribution in [0.25, 0.3) is 28.2 Å². The van der Waals surface area contributed by atoms with Gasteiger partial charge in [-0.15, -0.1) is 0 Å². The maximum Gasteiger partial charge on any atom is 0.257 e. The molecule has 0 bridgehead atoms. The minimum absolute atomic E-state index is 0.153. The Hall–Kier alpha value is -4.27. The predicted molar refractivity (Wildman–Crippen MR) is 146 cm³/mol. The molecule has 1 aromatic carbocycles. The Morgan fingerprint density at radius 3 is 2.50 bits per heavy atom. The molecule has 5 aromatic rings. The Labute approximate surface area is 221 Å². The van der Waals surface area contributed by atoms with Crippen molar-refractivity contribution in [3.05, 3.63) is 72.6 Å². The molecule has 38 heavy (non-hydrogen) atoms. The van der Waals surface area contributed by atoms with Crippen molar-refractivity contribution in [2.45, 2.75) is 52.1 Å². The van der Waals surface area contributed by atoms with E-state index in [2.05, 4.69) is 59.7 Å². The van der Waals surface area contributed by atoms with E-state index >= 15 is 0 Å². The molecule has 0 aliphatic carbocycles. The highest BCUT2D eigenvalue weighted by Gasteiger charge is 2.22. The maximum atomic E-state index is 6.26. The molecule has 9 nitrogen and oxygen atoms in total. The number of fused-ring (bicyclic) bond motifs is 1. The summed E-state index contributed by atoms with van der Waals surface area (Å²) in [6, 6.07) is 12.2. The lowest BCUT2D eigenvalue weighted by molar-refractivity contribution is 0.170. The number of aryl methyl sites for hydroxylation is 1. The van der Waals surface area contributed by atoms with Gasteiger partial charge in [0, 0.05) is 61.4 Å². The van der Waals surface area contributed by atoms with Gasteiger partial charge in [0.15, 0.2) is 5.82 Å². The lowest BCUT2D eigenvalue weighted by Gasteiger charge is -2.32. The molecule has 9 heteroatoms. The zero-order valence-corrected chi connectivity index (χ0v) is 21.9. The summed E-state index contributed by atoms with van der Waals surface area (Å²) in [5.41, 5.74) is 3.12. The molecule has 1 aliphatic rings. The van der Waals surface area contributed by atoms with Crippen LogP contribution in [0.4, 0.5) is 5.95 Å². The van der Waals surface area contributed by atoms with E-state index in [9.17, 15) is 0 Å². The van der Waals surface area contributed by atoms with Crippen molar-refractivity contribution in [1.29, 1.82) is 0 Å². The van der Waals surface area contributed by atoms with Crippen LogP contribution in [0.2, 0.25) is 0 Å². The van der Waals surface area contributed by atoms with E-state index in [0.29, 0.717) is 11.7 Å². The quantitative estimate of drug-likeness (QED) is 0.280. The topological polar surface area (TPSA) is 95.0 Å². The van der Waals surface area contributed by atoms with Crippen LogP contribution < -0.4 is 9.64 Å². The molecule has 0 radical (unpaired) electrons. The molecule has 0 atom stereocenters. The fourth-order valence-electron chi connectivity index (χ4n) is 4.71. The highest BCUT2D eigenvalue weighted by Crippen LogP contribution is 2.27. The molecule has 194 valence electrons. The van der Waals surface area contributed by atoms with Gasteiger partial charge in [-0.25, -0.2) is 15.0 Å². The molecule has 4 aromatic heterocycles. The first-order valence-corrected chi connectivity index (χ1v) is 13.2. The van der Waals surface area contributed by atoms with E-state index in [1.54, 1.807) is 6.20 Å². The van der Waals surface area contributed by atoms with Gasteiger partial charge in [-0.3, -0.25) is 0 Å². The zero-order valence-electron chi connectivity index (χ0n) is 21.9. The van der Waals surface area contributed by atoms with Crippen LogP contribution in [0.1, 0.15) is 50.9 Å². The summed E-state index contributed by atoms with van der Waals surface area (Å²) in [6.45, 7) is 7.96. The number of hydrogen-bond acceptors (Lipinski definition) is 8. The van der Waals surface area contributed by atoms with E-state index < -0.39 is 0 Å². The molecular formula is C29H31N7O2. The highest BCUT2D eigenvalue weighted by atomic mass is 16.5. The average Bonchev–Trinajstić information content (AvgIpc) is 3.62. The number of pyridine rings is 1. The Balaban J connectivity index is 1.10. The standard InChI is InChI=1S/C29H31N7O2/c1-4-20-16-31-29(32-17-20)35-12-10-23(11-13-35)37-24-6-8-26(30-18-24)36-14-9-21-15-22(5-7-25(21)36)28-33-27(19(2)3)34-38-28/h5-9,14-19,23H,4,10-13H2,1-3H3. The van der Waals surface area contributed by atoms with Gasteiger partial charge in [-0.1, -0.05) is 25.9 Å². The Bertz CT molecular complexity index is 1520. The van der Waals surface area contributed by atoms with Crippen molar-refractivity contribution in [1.82, 2.24) is 29.7 Å². The molecule has 1 saturated heterocycles. The summed E-state index contributed by atoms with van der Waals surface area (Å²) < 4.78 is 13.8. The van der Waals surface area contributed by atoms with Gasteiger partial charge in [0.05, 0.1) is 11.7 Å². The lowest BCUT2D eigenvalue weighted by atomic mass is 10.1. The van der Waals surface area contributed by atoms with Crippen LogP contribution >= 0.6 is 0 Å². The number of anilines is 1. The van der Waals surface area contributed by atoms with Crippen molar-refractivity contribution >= 4 is 16.9 Å². The molecule has 1 aliphatic heterocycles. The summed E-state index contributed by atoms with van der Waals surface area (Å²) in [6.07, 6.45) is 10.6. The molecule has 1 fully saturated rings. The molecule has 0 unspecified atom stereocenters. The summed E-state index contributed by atoms with van der Waals surface area (Å²) in [5.74, 6) is 3.90. The van der Waals surface area contributed by atoms with E-state index in [1.807, 2.05) is 50.6 Å². The normalized spacial score (nSPS) is 14.5. The summed E-state index contributed by atoms with van der Waals surface area (Å²) in [5, 5.41) is 5.15. The second kappa shape index (κ2) is 10.2. The van der Waals surface area contributed by atoms with Crippen molar-refractivity contribution in [3.8, 4) is 23.0 Å². The Morgan fingerprint density at radius 2 is 1.82 bits per heavy atom.